The fourth-order valence-corrected chi connectivity index (χ4v) is 2.99. The zero-order valence-electron chi connectivity index (χ0n) is 10.2. The summed E-state index contributed by atoms with van der Waals surface area (Å²) >= 11 is 0. The normalized spacial score (nSPS) is 32.6. The van der Waals surface area contributed by atoms with Crippen LogP contribution in [0.4, 0.5) is 0 Å². The second-order valence-corrected chi connectivity index (χ2v) is 4.84. The van der Waals surface area contributed by atoms with Gasteiger partial charge in [-0.2, -0.15) is 0 Å². The molecule has 2 rings (SSSR count). The summed E-state index contributed by atoms with van der Waals surface area (Å²) in [5, 5.41) is 12.6. The van der Waals surface area contributed by atoms with Crippen molar-refractivity contribution in [2.75, 3.05) is 32.8 Å². The minimum absolute atomic E-state index is 0.212. The summed E-state index contributed by atoms with van der Waals surface area (Å²) in [6, 6.07) is 0.811. The van der Waals surface area contributed by atoms with Gasteiger partial charge in [-0.1, -0.05) is 6.92 Å². The minimum atomic E-state index is 0.212. The molecule has 0 bridgehead atoms. The van der Waals surface area contributed by atoms with E-state index in [4.69, 9.17) is 4.74 Å². The van der Waals surface area contributed by atoms with Crippen LogP contribution in [0.1, 0.15) is 26.2 Å². The van der Waals surface area contributed by atoms with E-state index in [1.54, 1.807) is 0 Å². The van der Waals surface area contributed by atoms with Crippen LogP contribution in [0.3, 0.4) is 0 Å². The van der Waals surface area contributed by atoms with Gasteiger partial charge in [-0.05, 0) is 25.8 Å². The fraction of sp³-hybridized carbons (Fsp3) is 1.00. The van der Waals surface area contributed by atoms with Crippen molar-refractivity contribution in [3.8, 4) is 0 Å². The van der Waals surface area contributed by atoms with Gasteiger partial charge in [0.05, 0.1) is 19.3 Å². The van der Waals surface area contributed by atoms with Crippen molar-refractivity contribution in [3.63, 3.8) is 0 Å². The molecule has 1 aliphatic heterocycles. The summed E-state index contributed by atoms with van der Waals surface area (Å²) in [4.78, 5) is 2.50. The van der Waals surface area contributed by atoms with Crippen LogP contribution in [-0.2, 0) is 4.74 Å². The van der Waals surface area contributed by atoms with Gasteiger partial charge in [0.15, 0.2) is 0 Å². The number of likely N-dealkylation sites (N-methyl/N-ethyl adjacent to an activating group) is 1. The molecule has 3 unspecified atom stereocenters. The van der Waals surface area contributed by atoms with E-state index < -0.39 is 0 Å². The number of nitrogens with one attached hydrogen (secondary N) is 1. The molecule has 16 heavy (non-hydrogen) atoms. The van der Waals surface area contributed by atoms with Gasteiger partial charge in [0, 0.05) is 25.2 Å². The number of rotatable bonds is 5. The first kappa shape index (κ1) is 12.3. The molecule has 3 atom stereocenters. The predicted molar refractivity (Wildman–Crippen MR) is 63.5 cm³/mol. The van der Waals surface area contributed by atoms with Crippen LogP contribution in [0.2, 0.25) is 0 Å². The Labute approximate surface area is 98.0 Å². The highest BCUT2D eigenvalue weighted by Crippen LogP contribution is 2.29. The third-order valence-electron chi connectivity index (χ3n) is 3.77. The van der Waals surface area contributed by atoms with Crippen LogP contribution in [0.15, 0.2) is 0 Å². The zero-order chi connectivity index (χ0) is 11.4. The Kier molecular flexibility index (Phi) is 4.58. The smallest absolute Gasteiger partial charge is 0.0730 e. The van der Waals surface area contributed by atoms with Crippen molar-refractivity contribution in [2.45, 2.75) is 44.4 Å². The molecular weight excluding hydrogens is 204 g/mol. The maximum atomic E-state index is 9.31. The summed E-state index contributed by atoms with van der Waals surface area (Å²) in [6.45, 7) is 6.05. The average molecular weight is 228 g/mol. The number of morpholine rings is 1. The highest BCUT2D eigenvalue weighted by Gasteiger charge is 2.36. The van der Waals surface area contributed by atoms with Crippen molar-refractivity contribution in [1.82, 2.24) is 10.2 Å². The molecule has 0 aromatic rings. The van der Waals surface area contributed by atoms with Gasteiger partial charge in [-0.25, -0.2) is 0 Å². The summed E-state index contributed by atoms with van der Waals surface area (Å²) in [5.74, 6) is 0. The first-order valence-corrected chi connectivity index (χ1v) is 6.55. The Bertz CT molecular complexity index is 213. The predicted octanol–water partition coefficient (Wildman–Crippen LogP) is 0.210. The molecule has 2 N–H and O–H groups in total. The topological polar surface area (TPSA) is 44.7 Å². The van der Waals surface area contributed by atoms with Crippen LogP contribution >= 0.6 is 0 Å². The molecule has 2 fully saturated rings. The molecule has 0 radical (unpaired) electrons. The molecule has 1 saturated heterocycles. The summed E-state index contributed by atoms with van der Waals surface area (Å²) in [7, 11) is 0. The van der Waals surface area contributed by atoms with Crippen molar-refractivity contribution >= 4 is 0 Å². The van der Waals surface area contributed by atoms with E-state index in [-0.39, 0.29) is 12.6 Å². The second-order valence-electron chi connectivity index (χ2n) is 4.84. The van der Waals surface area contributed by atoms with Gasteiger partial charge in [0.1, 0.15) is 0 Å². The van der Waals surface area contributed by atoms with Crippen LogP contribution in [0.25, 0.3) is 0 Å². The number of aliphatic hydroxyl groups excluding tert-OH is 1. The van der Waals surface area contributed by atoms with Crippen LogP contribution in [0, 0.1) is 0 Å². The molecule has 0 aromatic carbocycles. The van der Waals surface area contributed by atoms with E-state index in [0.717, 1.165) is 26.2 Å². The SMILES string of the molecule is CCNC(CO)CN1CCOC2CCCC21. The lowest BCUT2D eigenvalue weighted by molar-refractivity contribution is -0.0596. The molecule has 0 spiro atoms. The number of ether oxygens (including phenoxy) is 1. The monoisotopic (exact) mass is 228 g/mol. The maximum Gasteiger partial charge on any atom is 0.0730 e. The van der Waals surface area contributed by atoms with E-state index in [1.807, 2.05) is 0 Å². The molecule has 1 aliphatic carbocycles. The number of nitrogens with zero attached hydrogens (tertiary/aromatic N) is 1. The average Bonchev–Trinajstić information content (AvgIpc) is 2.77. The Morgan fingerprint density at radius 3 is 3.12 bits per heavy atom. The van der Waals surface area contributed by atoms with E-state index in [2.05, 4.69) is 17.1 Å². The standard InChI is InChI=1S/C12H24N2O2/c1-2-13-10(9-15)8-14-6-7-16-12-5-3-4-11(12)14/h10-13,15H,2-9H2,1H3. The molecule has 2 aliphatic rings. The first-order valence-electron chi connectivity index (χ1n) is 6.55. The lowest BCUT2D eigenvalue weighted by atomic mass is 10.1. The van der Waals surface area contributed by atoms with Gasteiger partial charge in [0.2, 0.25) is 0 Å². The van der Waals surface area contributed by atoms with Crippen molar-refractivity contribution in [1.29, 1.82) is 0 Å². The van der Waals surface area contributed by atoms with Crippen LogP contribution in [0.5, 0.6) is 0 Å². The van der Waals surface area contributed by atoms with Crippen LogP contribution in [-0.4, -0.2) is 61.0 Å². The van der Waals surface area contributed by atoms with Crippen molar-refractivity contribution in [3.05, 3.63) is 0 Å². The largest absolute Gasteiger partial charge is 0.395 e. The molecule has 4 nitrogen and oxygen atoms in total. The molecule has 4 heteroatoms. The molecule has 94 valence electrons. The maximum absolute atomic E-state index is 9.31. The first-order chi connectivity index (χ1) is 7.85. The van der Waals surface area contributed by atoms with Gasteiger partial charge in [-0.3, -0.25) is 4.90 Å². The molecule has 1 saturated carbocycles. The third kappa shape index (κ3) is 2.74. The van der Waals surface area contributed by atoms with Gasteiger partial charge in [0.25, 0.3) is 0 Å². The number of fused-ring (bicyclic) bond motifs is 1. The van der Waals surface area contributed by atoms with Crippen LogP contribution < -0.4 is 5.32 Å². The second kappa shape index (κ2) is 5.96. The van der Waals surface area contributed by atoms with E-state index >= 15 is 0 Å². The summed E-state index contributed by atoms with van der Waals surface area (Å²) < 4.78 is 5.78. The summed E-state index contributed by atoms with van der Waals surface area (Å²) in [5.41, 5.74) is 0. The number of hydrogen-bond donors (Lipinski definition) is 2. The van der Waals surface area contributed by atoms with Gasteiger partial charge in [-0.15, -0.1) is 0 Å². The molecule has 1 heterocycles. The third-order valence-corrected chi connectivity index (χ3v) is 3.77. The lowest BCUT2D eigenvalue weighted by Crippen LogP contribution is -2.53. The van der Waals surface area contributed by atoms with Gasteiger partial charge >= 0.3 is 0 Å². The van der Waals surface area contributed by atoms with E-state index in [1.165, 1.54) is 19.3 Å². The van der Waals surface area contributed by atoms with E-state index in [0.29, 0.717) is 12.1 Å². The highest BCUT2D eigenvalue weighted by molar-refractivity contribution is 4.90. The number of hydrogen-bond acceptors (Lipinski definition) is 4. The zero-order valence-corrected chi connectivity index (χ0v) is 10.2. The minimum Gasteiger partial charge on any atom is -0.395 e. The van der Waals surface area contributed by atoms with Crippen molar-refractivity contribution < 1.29 is 9.84 Å². The summed E-state index contributed by atoms with van der Waals surface area (Å²) in [6.07, 6.45) is 4.22. The number of aliphatic hydroxyl groups is 1. The molecular formula is C12H24N2O2. The molecule has 0 amide bonds. The Morgan fingerprint density at radius 1 is 1.50 bits per heavy atom. The highest BCUT2D eigenvalue weighted by atomic mass is 16.5. The Hall–Kier alpha value is -0.160. The van der Waals surface area contributed by atoms with Crippen molar-refractivity contribution in [2.24, 2.45) is 0 Å². The Morgan fingerprint density at radius 2 is 2.38 bits per heavy atom. The molecule has 0 aromatic heterocycles. The van der Waals surface area contributed by atoms with E-state index in [9.17, 15) is 5.11 Å². The Balaban J connectivity index is 1.87. The fourth-order valence-electron chi connectivity index (χ4n) is 2.99. The quantitative estimate of drug-likeness (QED) is 0.706. The van der Waals surface area contributed by atoms with Gasteiger partial charge < -0.3 is 15.2 Å². The lowest BCUT2D eigenvalue weighted by Gasteiger charge is -2.39.